The number of halogens is 5. The molecule has 1 heterocycles. The summed E-state index contributed by atoms with van der Waals surface area (Å²) in [6.07, 6.45) is 0. The van der Waals surface area contributed by atoms with Crippen LogP contribution in [0.5, 0.6) is 0 Å². The van der Waals surface area contributed by atoms with E-state index in [4.69, 9.17) is 27.7 Å². The van der Waals surface area contributed by atoms with Crippen molar-refractivity contribution < 1.29 is 26.1 Å². The quantitative estimate of drug-likeness (QED) is 0.579. The molecule has 11 heteroatoms. The summed E-state index contributed by atoms with van der Waals surface area (Å²) in [5.74, 6) is 0.311. The third-order valence-corrected chi connectivity index (χ3v) is 5.03. The molecular formula is C16H9Cl2F3N2O3S. The summed E-state index contributed by atoms with van der Waals surface area (Å²) in [6.45, 7) is 0. The van der Waals surface area contributed by atoms with Crippen molar-refractivity contribution in [1.29, 1.82) is 0 Å². The predicted octanol–water partition coefficient (Wildman–Crippen LogP) is 5.58. The number of sulfonamides is 1. The lowest BCUT2D eigenvalue weighted by molar-refractivity contribution is -0.0429. The van der Waals surface area contributed by atoms with Crippen LogP contribution in [0.1, 0.15) is 0 Å². The van der Waals surface area contributed by atoms with Crippen molar-refractivity contribution in [3.8, 4) is 22.6 Å². The Bertz CT molecular complexity index is 1080. The maximum atomic E-state index is 12.7. The SMILES string of the molecule is O=S(=O)(Nc1ccc(Cl)cc1-c1cc(-c2ccc(Cl)cc2)on1)C(F)(F)F. The Labute approximate surface area is 161 Å². The van der Waals surface area contributed by atoms with E-state index >= 15 is 0 Å². The lowest BCUT2D eigenvalue weighted by atomic mass is 10.1. The Morgan fingerprint density at radius 3 is 2.22 bits per heavy atom. The normalized spacial score (nSPS) is 12.2. The molecule has 27 heavy (non-hydrogen) atoms. The minimum atomic E-state index is -5.61. The Hall–Kier alpha value is -2.23. The molecule has 0 aliphatic rings. The van der Waals surface area contributed by atoms with E-state index < -0.39 is 15.5 Å². The third-order valence-electron chi connectivity index (χ3n) is 3.45. The number of rotatable bonds is 4. The van der Waals surface area contributed by atoms with E-state index in [-0.39, 0.29) is 22.0 Å². The summed E-state index contributed by atoms with van der Waals surface area (Å²) in [5, 5.41) is 4.48. The van der Waals surface area contributed by atoms with Crippen molar-refractivity contribution in [2.24, 2.45) is 0 Å². The second-order valence-corrected chi connectivity index (χ2v) is 7.87. The second-order valence-electron chi connectivity index (χ2n) is 5.32. The van der Waals surface area contributed by atoms with Gasteiger partial charge in [0.25, 0.3) is 0 Å². The van der Waals surface area contributed by atoms with Gasteiger partial charge in [0, 0.05) is 27.2 Å². The smallest absolute Gasteiger partial charge is 0.356 e. The van der Waals surface area contributed by atoms with Crippen molar-refractivity contribution in [1.82, 2.24) is 5.16 Å². The molecule has 1 N–H and O–H groups in total. The van der Waals surface area contributed by atoms with Gasteiger partial charge in [0.2, 0.25) is 0 Å². The van der Waals surface area contributed by atoms with Gasteiger partial charge in [0.15, 0.2) is 5.76 Å². The molecule has 2 aromatic carbocycles. The van der Waals surface area contributed by atoms with Gasteiger partial charge in [-0.25, -0.2) is 0 Å². The molecule has 3 rings (SSSR count). The molecular weight excluding hydrogens is 428 g/mol. The van der Waals surface area contributed by atoms with Gasteiger partial charge in [-0.3, -0.25) is 4.72 Å². The van der Waals surface area contributed by atoms with Crippen molar-refractivity contribution in [3.05, 3.63) is 58.6 Å². The fourth-order valence-corrected chi connectivity index (χ4v) is 3.05. The molecule has 0 saturated heterocycles. The number of benzene rings is 2. The van der Waals surface area contributed by atoms with Crippen molar-refractivity contribution in [2.45, 2.75) is 5.51 Å². The highest BCUT2D eigenvalue weighted by atomic mass is 35.5. The van der Waals surface area contributed by atoms with Crippen LogP contribution in [0.4, 0.5) is 18.9 Å². The van der Waals surface area contributed by atoms with Gasteiger partial charge in [-0.05, 0) is 42.5 Å². The zero-order valence-corrected chi connectivity index (χ0v) is 15.4. The van der Waals surface area contributed by atoms with Crippen molar-refractivity contribution in [3.63, 3.8) is 0 Å². The van der Waals surface area contributed by atoms with E-state index in [0.29, 0.717) is 16.3 Å². The predicted molar refractivity (Wildman–Crippen MR) is 96.0 cm³/mol. The van der Waals surface area contributed by atoms with Gasteiger partial charge in [-0.1, -0.05) is 28.4 Å². The molecule has 1 aromatic heterocycles. The Morgan fingerprint density at radius 1 is 0.963 bits per heavy atom. The minimum Gasteiger partial charge on any atom is -0.356 e. The molecule has 0 aliphatic carbocycles. The fourth-order valence-electron chi connectivity index (χ4n) is 2.17. The van der Waals surface area contributed by atoms with Gasteiger partial charge >= 0.3 is 15.5 Å². The fraction of sp³-hybridized carbons (Fsp3) is 0.0625. The van der Waals surface area contributed by atoms with E-state index in [2.05, 4.69) is 5.16 Å². The molecule has 0 atom stereocenters. The Morgan fingerprint density at radius 2 is 1.59 bits per heavy atom. The van der Waals surface area contributed by atoms with Crippen LogP contribution < -0.4 is 4.72 Å². The highest BCUT2D eigenvalue weighted by Crippen LogP contribution is 2.35. The van der Waals surface area contributed by atoms with Crippen LogP contribution in [0.15, 0.2) is 53.1 Å². The Kier molecular flexibility index (Phi) is 5.11. The maximum absolute atomic E-state index is 12.7. The number of hydrogen-bond donors (Lipinski definition) is 1. The van der Waals surface area contributed by atoms with Gasteiger partial charge < -0.3 is 4.52 Å². The molecule has 0 bridgehead atoms. The molecule has 0 aliphatic heterocycles. The first kappa shape index (κ1) is 19.5. The molecule has 0 fully saturated rings. The Balaban J connectivity index is 2.02. The molecule has 3 aromatic rings. The number of hydrogen-bond acceptors (Lipinski definition) is 4. The van der Waals surface area contributed by atoms with Gasteiger partial charge in [0.1, 0.15) is 5.69 Å². The van der Waals surface area contributed by atoms with E-state index in [0.717, 1.165) is 6.07 Å². The summed E-state index contributed by atoms with van der Waals surface area (Å²) >= 11 is 11.7. The number of nitrogens with zero attached hydrogens (tertiary/aromatic N) is 1. The van der Waals surface area contributed by atoms with E-state index in [1.807, 2.05) is 0 Å². The first-order chi connectivity index (χ1) is 12.6. The number of alkyl halides is 3. The monoisotopic (exact) mass is 436 g/mol. The largest absolute Gasteiger partial charge is 0.516 e. The molecule has 0 amide bonds. The lowest BCUT2D eigenvalue weighted by Gasteiger charge is -2.13. The van der Waals surface area contributed by atoms with Crippen LogP contribution in [0.3, 0.4) is 0 Å². The van der Waals surface area contributed by atoms with Crippen LogP contribution in [0.25, 0.3) is 22.6 Å². The van der Waals surface area contributed by atoms with Crippen LogP contribution in [0.2, 0.25) is 10.0 Å². The second kappa shape index (κ2) is 7.06. The van der Waals surface area contributed by atoms with Gasteiger partial charge in [-0.15, -0.1) is 0 Å². The maximum Gasteiger partial charge on any atom is 0.516 e. The topological polar surface area (TPSA) is 72.2 Å². The summed E-state index contributed by atoms with van der Waals surface area (Å²) < 4.78 is 67.6. The molecule has 142 valence electrons. The van der Waals surface area contributed by atoms with Crippen LogP contribution >= 0.6 is 23.2 Å². The van der Waals surface area contributed by atoms with Crippen LogP contribution in [0, 0.1) is 0 Å². The van der Waals surface area contributed by atoms with Crippen molar-refractivity contribution in [2.75, 3.05) is 4.72 Å². The highest BCUT2D eigenvalue weighted by Gasteiger charge is 2.46. The molecule has 0 unspecified atom stereocenters. The molecule has 0 spiro atoms. The van der Waals surface area contributed by atoms with Crippen molar-refractivity contribution >= 4 is 38.9 Å². The summed E-state index contributed by atoms with van der Waals surface area (Å²) in [6, 6.07) is 11.7. The van der Waals surface area contributed by atoms with E-state index in [1.165, 1.54) is 22.9 Å². The van der Waals surface area contributed by atoms with Crippen LogP contribution in [-0.2, 0) is 10.0 Å². The standard InChI is InChI=1S/C16H9Cl2F3N2O3S/c17-10-3-1-9(2-4-10)15-8-14(22-26-15)12-7-11(18)5-6-13(12)23-27(24,25)16(19,20)21/h1-8,23H. The third kappa shape index (κ3) is 4.20. The van der Waals surface area contributed by atoms with Gasteiger partial charge in [0.05, 0.1) is 5.69 Å². The lowest BCUT2D eigenvalue weighted by Crippen LogP contribution is -2.30. The first-order valence-electron chi connectivity index (χ1n) is 7.18. The van der Waals surface area contributed by atoms with E-state index in [1.54, 1.807) is 24.3 Å². The average molecular weight is 437 g/mol. The summed E-state index contributed by atoms with van der Waals surface area (Å²) in [7, 11) is -5.61. The number of anilines is 1. The summed E-state index contributed by atoms with van der Waals surface area (Å²) in [4.78, 5) is 0. The molecule has 0 saturated carbocycles. The number of aromatic nitrogens is 1. The first-order valence-corrected chi connectivity index (χ1v) is 9.42. The zero-order valence-electron chi connectivity index (χ0n) is 13.1. The molecule has 0 radical (unpaired) electrons. The highest BCUT2D eigenvalue weighted by molar-refractivity contribution is 7.93. The minimum absolute atomic E-state index is 0.0271. The molecule has 5 nitrogen and oxygen atoms in total. The van der Waals surface area contributed by atoms with E-state index in [9.17, 15) is 21.6 Å². The van der Waals surface area contributed by atoms with Crippen LogP contribution in [-0.4, -0.2) is 19.1 Å². The summed E-state index contributed by atoms with van der Waals surface area (Å²) in [5.41, 5.74) is -5.06. The zero-order chi connectivity index (χ0) is 19.8. The average Bonchev–Trinajstić information content (AvgIpc) is 3.06. The number of nitrogens with one attached hydrogen (secondary N) is 1. The van der Waals surface area contributed by atoms with Gasteiger partial charge in [-0.2, -0.15) is 21.6 Å².